The number of nitro benzene ring substituents is 1. The molecule has 0 atom stereocenters. The molecule has 1 heterocycles. The first-order valence-corrected chi connectivity index (χ1v) is 7.75. The maximum Gasteiger partial charge on any atom is 0.292 e. The maximum absolute atomic E-state index is 10.9. The molecule has 110 valence electrons. The summed E-state index contributed by atoms with van der Waals surface area (Å²) in [6.07, 6.45) is 1.13. The van der Waals surface area contributed by atoms with Gasteiger partial charge in [-0.05, 0) is 24.6 Å². The second kappa shape index (κ2) is 6.01. The van der Waals surface area contributed by atoms with E-state index in [4.69, 9.17) is 5.73 Å². The molecule has 2 N–H and O–H groups in total. The van der Waals surface area contributed by atoms with Crippen molar-refractivity contribution in [2.45, 2.75) is 31.6 Å². The largest absolute Gasteiger partial charge is 0.393 e. The summed E-state index contributed by atoms with van der Waals surface area (Å²) in [5.74, 6) is 1.10. The molecule has 0 radical (unpaired) electrons. The van der Waals surface area contributed by atoms with Crippen LogP contribution in [0, 0.1) is 10.1 Å². The molecule has 5 nitrogen and oxygen atoms in total. The maximum atomic E-state index is 10.9. The van der Waals surface area contributed by atoms with Crippen molar-refractivity contribution < 1.29 is 4.92 Å². The van der Waals surface area contributed by atoms with Gasteiger partial charge in [-0.3, -0.25) is 15.0 Å². The Labute approximate surface area is 123 Å². The summed E-state index contributed by atoms with van der Waals surface area (Å²) in [6.45, 7) is 7.34. The minimum Gasteiger partial charge on any atom is -0.393 e. The standard InChI is InChI=1S/C14H21N3O2S/c1-14(2)5-6-16(7-8-20-14)10-11-3-4-12(15)13(9-11)17(18)19/h3-4,9H,5-8,10,15H2,1-2H3. The quantitative estimate of drug-likeness (QED) is 0.527. The molecule has 0 spiro atoms. The minimum atomic E-state index is -0.416. The molecule has 1 aliphatic rings. The summed E-state index contributed by atoms with van der Waals surface area (Å²) < 4.78 is 0.321. The summed E-state index contributed by atoms with van der Waals surface area (Å²) in [5.41, 5.74) is 6.81. The molecule has 0 amide bonds. The Morgan fingerprint density at radius 3 is 2.90 bits per heavy atom. The molecule has 1 aromatic carbocycles. The SMILES string of the molecule is CC1(C)CCN(Cc2ccc(N)c([N+](=O)[O-])c2)CCS1. The molecule has 20 heavy (non-hydrogen) atoms. The Morgan fingerprint density at radius 1 is 1.45 bits per heavy atom. The zero-order valence-corrected chi connectivity index (χ0v) is 12.8. The molecule has 1 aromatic rings. The van der Waals surface area contributed by atoms with E-state index in [0.717, 1.165) is 37.4 Å². The molecule has 2 rings (SSSR count). The lowest BCUT2D eigenvalue weighted by Gasteiger charge is -2.22. The summed E-state index contributed by atoms with van der Waals surface area (Å²) >= 11 is 2.00. The molecular formula is C14H21N3O2S. The third-order valence-corrected chi connectivity index (χ3v) is 5.00. The van der Waals surface area contributed by atoms with Gasteiger partial charge in [-0.1, -0.05) is 19.9 Å². The zero-order chi connectivity index (χ0) is 14.8. The van der Waals surface area contributed by atoms with Gasteiger partial charge in [0.05, 0.1) is 4.92 Å². The number of nitrogen functional groups attached to an aromatic ring is 1. The number of thioether (sulfide) groups is 1. The molecule has 0 saturated carbocycles. The van der Waals surface area contributed by atoms with Gasteiger partial charge in [0.25, 0.3) is 5.69 Å². The van der Waals surface area contributed by atoms with E-state index in [1.165, 1.54) is 0 Å². The smallest absolute Gasteiger partial charge is 0.292 e. The van der Waals surface area contributed by atoms with E-state index in [2.05, 4.69) is 18.7 Å². The van der Waals surface area contributed by atoms with E-state index in [-0.39, 0.29) is 11.4 Å². The predicted molar refractivity (Wildman–Crippen MR) is 83.9 cm³/mol. The number of hydrogen-bond acceptors (Lipinski definition) is 5. The molecule has 6 heteroatoms. The van der Waals surface area contributed by atoms with E-state index in [0.29, 0.717) is 4.75 Å². The van der Waals surface area contributed by atoms with Crippen molar-refractivity contribution in [1.82, 2.24) is 4.90 Å². The van der Waals surface area contributed by atoms with Crippen LogP contribution in [0.25, 0.3) is 0 Å². The van der Waals surface area contributed by atoms with Crippen LogP contribution in [0.4, 0.5) is 11.4 Å². The first-order valence-electron chi connectivity index (χ1n) is 6.76. The van der Waals surface area contributed by atoms with Gasteiger partial charge in [0.2, 0.25) is 0 Å². The molecular weight excluding hydrogens is 274 g/mol. The summed E-state index contributed by atoms with van der Waals surface area (Å²) in [5, 5.41) is 10.9. The topological polar surface area (TPSA) is 72.4 Å². The first-order chi connectivity index (χ1) is 9.37. The molecule has 0 aliphatic carbocycles. The van der Waals surface area contributed by atoms with Gasteiger partial charge in [0, 0.05) is 29.7 Å². The van der Waals surface area contributed by atoms with E-state index in [1.54, 1.807) is 12.1 Å². The Balaban J connectivity index is 2.06. The molecule has 0 bridgehead atoms. The highest BCUT2D eigenvalue weighted by molar-refractivity contribution is 8.00. The van der Waals surface area contributed by atoms with E-state index >= 15 is 0 Å². The van der Waals surface area contributed by atoms with Crippen LogP contribution in [0.2, 0.25) is 0 Å². The van der Waals surface area contributed by atoms with Crippen LogP contribution in [0.3, 0.4) is 0 Å². The lowest BCUT2D eigenvalue weighted by Crippen LogP contribution is -2.26. The lowest BCUT2D eigenvalue weighted by molar-refractivity contribution is -0.384. The zero-order valence-electron chi connectivity index (χ0n) is 12.0. The van der Waals surface area contributed by atoms with Crippen molar-refractivity contribution in [2.24, 2.45) is 0 Å². The number of hydrogen-bond donors (Lipinski definition) is 1. The van der Waals surface area contributed by atoms with Crippen LogP contribution in [0.15, 0.2) is 18.2 Å². The van der Waals surface area contributed by atoms with Crippen molar-refractivity contribution in [3.05, 3.63) is 33.9 Å². The second-order valence-corrected chi connectivity index (χ2v) is 7.59. The van der Waals surface area contributed by atoms with Crippen molar-refractivity contribution in [3.63, 3.8) is 0 Å². The van der Waals surface area contributed by atoms with E-state index in [1.807, 2.05) is 17.8 Å². The van der Waals surface area contributed by atoms with Crippen LogP contribution in [-0.4, -0.2) is 33.4 Å². The van der Waals surface area contributed by atoms with E-state index in [9.17, 15) is 10.1 Å². The molecule has 1 saturated heterocycles. The number of benzene rings is 1. The minimum absolute atomic E-state index is 0.00651. The monoisotopic (exact) mass is 295 g/mol. The van der Waals surface area contributed by atoms with Gasteiger partial charge < -0.3 is 5.73 Å². The fourth-order valence-corrected chi connectivity index (χ4v) is 3.46. The average Bonchev–Trinajstić information content (AvgIpc) is 2.53. The molecule has 0 unspecified atom stereocenters. The summed E-state index contributed by atoms with van der Waals surface area (Å²) in [4.78, 5) is 12.9. The van der Waals surface area contributed by atoms with Gasteiger partial charge in [0.15, 0.2) is 0 Å². The van der Waals surface area contributed by atoms with Crippen LogP contribution >= 0.6 is 11.8 Å². The molecule has 1 fully saturated rings. The van der Waals surface area contributed by atoms with Crippen molar-refractivity contribution in [1.29, 1.82) is 0 Å². The van der Waals surface area contributed by atoms with Crippen molar-refractivity contribution in [2.75, 3.05) is 24.6 Å². The predicted octanol–water partition coefficient (Wildman–Crippen LogP) is 2.89. The average molecular weight is 295 g/mol. The molecule has 1 aliphatic heterocycles. The normalized spacial score (nSPS) is 19.5. The highest BCUT2D eigenvalue weighted by Gasteiger charge is 2.24. The van der Waals surface area contributed by atoms with Crippen LogP contribution in [0.5, 0.6) is 0 Å². The highest BCUT2D eigenvalue weighted by atomic mass is 32.2. The number of nitro groups is 1. The van der Waals surface area contributed by atoms with Crippen molar-refractivity contribution >= 4 is 23.1 Å². The second-order valence-electron chi connectivity index (χ2n) is 5.78. The number of nitrogens with zero attached hydrogens (tertiary/aromatic N) is 2. The Morgan fingerprint density at radius 2 is 2.20 bits per heavy atom. The van der Waals surface area contributed by atoms with Gasteiger partial charge in [-0.25, -0.2) is 0 Å². The van der Waals surface area contributed by atoms with Gasteiger partial charge in [0.1, 0.15) is 5.69 Å². The van der Waals surface area contributed by atoms with Crippen LogP contribution < -0.4 is 5.73 Å². The van der Waals surface area contributed by atoms with Gasteiger partial charge in [-0.15, -0.1) is 0 Å². The van der Waals surface area contributed by atoms with Crippen LogP contribution in [0.1, 0.15) is 25.8 Å². The number of rotatable bonds is 3. The van der Waals surface area contributed by atoms with E-state index < -0.39 is 4.92 Å². The highest BCUT2D eigenvalue weighted by Crippen LogP contribution is 2.31. The molecule has 0 aromatic heterocycles. The Kier molecular flexibility index (Phi) is 4.55. The first kappa shape index (κ1) is 15.1. The number of nitrogens with two attached hydrogens (primary N) is 1. The van der Waals surface area contributed by atoms with Crippen LogP contribution in [-0.2, 0) is 6.54 Å². The third kappa shape index (κ3) is 3.86. The Bertz CT molecular complexity index is 505. The van der Waals surface area contributed by atoms with Gasteiger partial charge >= 0.3 is 0 Å². The fourth-order valence-electron chi connectivity index (χ4n) is 2.32. The lowest BCUT2D eigenvalue weighted by atomic mass is 10.1. The third-order valence-electron chi connectivity index (χ3n) is 3.63. The summed E-state index contributed by atoms with van der Waals surface area (Å²) in [7, 11) is 0. The van der Waals surface area contributed by atoms with Crippen molar-refractivity contribution in [3.8, 4) is 0 Å². The summed E-state index contributed by atoms with van der Waals surface area (Å²) in [6, 6.07) is 5.11. The van der Waals surface area contributed by atoms with Gasteiger partial charge in [-0.2, -0.15) is 11.8 Å². The Hall–Kier alpha value is -1.27. The number of anilines is 1. The fraction of sp³-hybridized carbons (Fsp3) is 0.571.